The fraction of sp³-hybridized carbons (Fsp3) is 0.750. The number of ether oxygens (including phenoxy) is 2. The number of aromatic nitrogens is 2. The number of hydrogen-bond donors (Lipinski definition) is 0. The minimum absolute atomic E-state index is 0.0159. The highest BCUT2D eigenvalue weighted by molar-refractivity contribution is 5.05. The van der Waals surface area contributed by atoms with Crippen molar-refractivity contribution >= 4 is 0 Å². The summed E-state index contributed by atoms with van der Waals surface area (Å²) in [5, 5.41) is 3.78. The van der Waals surface area contributed by atoms with Gasteiger partial charge in [-0.05, 0) is 40.1 Å². The normalized spacial score (nSPS) is 23.2. The zero-order valence-electron chi connectivity index (χ0n) is 15.2. The third-order valence-corrected chi connectivity index (χ3v) is 4.14. The highest BCUT2D eigenvalue weighted by Crippen LogP contribution is 2.30. The third-order valence-electron chi connectivity index (χ3n) is 4.14. The fourth-order valence-electron chi connectivity index (χ4n) is 2.89. The van der Waals surface area contributed by atoms with Gasteiger partial charge in [0.2, 0.25) is 0 Å². The van der Waals surface area contributed by atoms with Crippen LogP contribution >= 0.6 is 0 Å². The lowest BCUT2D eigenvalue weighted by Gasteiger charge is -2.20. The molecular formula is C16H25N5O4. The number of aryl methyl sites for hydroxylation is 1. The Morgan fingerprint density at radius 1 is 1.40 bits per heavy atom. The first-order valence-corrected chi connectivity index (χ1v) is 8.41. The first kappa shape index (κ1) is 19.2. The van der Waals surface area contributed by atoms with Crippen LogP contribution in [0.15, 0.2) is 20.9 Å². The van der Waals surface area contributed by atoms with Crippen LogP contribution in [0, 0.1) is 6.92 Å². The van der Waals surface area contributed by atoms with Crippen LogP contribution in [-0.4, -0.2) is 34.0 Å². The Morgan fingerprint density at radius 3 is 2.64 bits per heavy atom. The molecule has 1 aliphatic heterocycles. The molecule has 9 heteroatoms. The molecule has 0 bridgehead atoms. The zero-order valence-corrected chi connectivity index (χ0v) is 15.2. The van der Waals surface area contributed by atoms with Gasteiger partial charge in [0, 0.05) is 29.1 Å². The molecule has 9 nitrogen and oxygen atoms in total. The molecule has 1 aliphatic rings. The van der Waals surface area contributed by atoms with Gasteiger partial charge in [-0.25, -0.2) is 4.79 Å². The van der Waals surface area contributed by atoms with Crippen molar-refractivity contribution in [2.45, 2.75) is 71.6 Å². The van der Waals surface area contributed by atoms with Gasteiger partial charge in [0.15, 0.2) is 0 Å². The van der Waals surface area contributed by atoms with Crippen molar-refractivity contribution in [3.05, 3.63) is 43.0 Å². The van der Waals surface area contributed by atoms with Gasteiger partial charge < -0.3 is 9.47 Å². The van der Waals surface area contributed by atoms with Crippen LogP contribution in [0.5, 0.6) is 0 Å². The van der Waals surface area contributed by atoms with Gasteiger partial charge in [-0.15, -0.1) is 0 Å². The topological polar surface area (TPSA) is 111 Å². The molecule has 0 N–H and O–H groups in total. The fourth-order valence-corrected chi connectivity index (χ4v) is 2.89. The van der Waals surface area contributed by atoms with Crippen LogP contribution in [-0.2, 0) is 9.47 Å². The average Bonchev–Trinajstić information content (AvgIpc) is 2.92. The van der Waals surface area contributed by atoms with E-state index in [0.29, 0.717) is 12.0 Å². The summed E-state index contributed by atoms with van der Waals surface area (Å²) in [5.41, 5.74) is 8.50. The van der Waals surface area contributed by atoms with Crippen LogP contribution in [0.1, 0.15) is 51.9 Å². The summed E-state index contributed by atoms with van der Waals surface area (Å²) in [6, 6.07) is -0.694. The summed E-state index contributed by atoms with van der Waals surface area (Å²) in [6.45, 7) is 9.31. The van der Waals surface area contributed by atoms with E-state index in [2.05, 4.69) is 10.0 Å². The van der Waals surface area contributed by atoms with Gasteiger partial charge in [-0.2, -0.15) is 0 Å². The maximum absolute atomic E-state index is 12.7. The summed E-state index contributed by atoms with van der Waals surface area (Å²) in [4.78, 5) is 27.8. The Morgan fingerprint density at radius 2 is 2.08 bits per heavy atom. The Labute approximate surface area is 145 Å². The molecule has 0 spiro atoms. The minimum atomic E-state index is -0.604. The second-order valence-corrected chi connectivity index (χ2v) is 6.79. The lowest BCUT2D eigenvalue weighted by molar-refractivity contribution is -0.0581. The molecule has 0 amide bonds. The van der Waals surface area contributed by atoms with Gasteiger partial charge in [0.25, 0.3) is 5.56 Å². The van der Waals surface area contributed by atoms with Crippen molar-refractivity contribution in [3.63, 3.8) is 0 Å². The SMILES string of the molecule is Cc1cn([C@H]2C[C@H](N=[N+]=[N-])[C@@H](COC(C)C)O2)c(=O)n(C(C)C)c1=O. The molecule has 0 aliphatic carbocycles. The summed E-state index contributed by atoms with van der Waals surface area (Å²) >= 11 is 0. The van der Waals surface area contributed by atoms with Crippen molar-refractivity contribution in [2.24, 2.45) is 5.11 Å². The lowest BCUT2D eigenvalue weighted by atomic mass is 10.1. The quantitative estimate of drug-likeness (QED) is 0.444. The van der Waals surface area contributed by atoms with Crippen molar-refractivity contribution in [3.8, 4) is 0 Å². The van der Waals surface area contributed by atoms with E-state index < -0.39 is 24.1 Å². The molecule has 1 aromatic rings. The smallest absolute Gasteiger partial charge is 0.333 e. The van der Waals surface area contributed by atoms with Gasteiger partial charge in [-0.1, -0.05) is 5.11 Å². The molecule has 0 radical (unpaired) electrons. The lowest BCUT2D eigenvalue weighted by Crippen LogP contribution is -2.43. The monoisotopic (exact) mass is 351 g/mol. The standard InChI is InChI=1S/C16H25N5O4/c1-9(2)21-15(22)11(5)7-20(16(21)23)14-6-12(18-19-17)13(25-14)8-24-10(3)4/h7,9-10,12-14H,6,8H2,1-5H3/t12-,13+,14+/m0/s1. The first-order chi connectivity index (χ1) is 11.8. The Kier molecular flexibility index (Phi) is 6.05. The highest BCUT2D eigenvalue weighted by Gasteiger charge is 2.37. The van der Waals surface area contributed by atoms with Gasteiger partial charge >= 0.3 is 5.69 Å². The maximum Gasteiger partial charge on any atom is 0.333 e. The summed E-state index contributed by atoms with van der Waals surface area (Å²) in [6.07, 6.45) is 0.837. The minimum Gasteiger partial charge on any atom is -0.376 e. The molecule has 1 saturated heterocycles. The first-order valence-electron chi connectivity index (χ1n) is 8.41. The zero-order chi connectivity index (χ0) is 18.7. The van der Waals surface area contributed by atoms with E-state index >= 15 is 0 Å². The highest BCUT2D eigenvalue weighted by atomic mass is 16.6. The van der Waals surface area contributed by atoms with Crippen LogP contribution in [0.2, 0.25) is 0 Å². The van der Waals surface area contributed by atoms with E-state index in [1.54, 1.807) is 20.8 Å². The molecule has 2 rings (SSSR count). The van der Waals surface area contributed by atoms with Crippen molar-refractivity contribution < 1.29 is 9.47 Å². The summed E-state index contributed by atoms with van der Waals surface area (Å²) in [7, 11) is 0. The summed E-state index contributed by atoms with van der Waals surface area (Å²) < 4.78 is 14.1. The van der Waals surface area contributed by atoms with Crippen molar-refractivity contribution in [1.82, 2.24) is 9.13 Å². The number of nitrogens with zero attached hydrogens (tertiary/aromatic N) is 5. The maximum atomic E-state index is 12.7. The number of hydrogen-bond acceptors (Lipinski definition) is 5. The number of rotatable bonds is 6. The number of azide groups is 1. The molecular weight excluding hydrogens is 326 g/mol. The van der Waals surface area contributed by atoms with Crippen LogP contribution in [0.4, 0.5) is 0 Å². The van der Waals surface area contributed by atoms with Gasteiger partial charge in [0.05, 0.1) is 24.9 Å². The predicted octanol–water partition coefficient (Wildman–Crippen LogP) is 2.29. The third kappa shape index (κ3) is 4.12. The Balaban J connectivity index is 2.38. The van der Waals surface area contributed by atoms with Crippen molar-refractivity contribution in [1.29, 1.82) is 0 Å². The predicted molar refractivity (Wildman–Crippen MR) is 92.6 cm³/mol. The molecule has 0 unspecified atom stereocenters. The molecule has 1 aromatic heterocycles. The van der Waals surface area contributed by atoms with Crippen LogP contribution in [0.25, 0.3) is 10.4 Å². The Bertz CT molecular complexity index is 776. The Hall–Kier alpha value is -2.09. The molecule has 0 saturated carbocycles. The van der Waals surface area contributed by atoms with E-state index in [9.17, 15) is 9.59 Å². The molecule has 0 aromatic carbocycles. The second kappa shape index (κ2) is 7.86. The molecule has 2 heterocycles. The van der Waals surface area contributed by atoms with Crippen LogP contribution < -0.4 is 11.2 Å². The van der Waals surface area contributed by atoms with E-state index in [4.69, 9.17) is 15.0 Å². The largest absolute Gasteiger partial charge is 0.376 e. The van der Waals surface area contributed by atoms with E-state index in [0.717, 1.165) is 0 Å². The second-order valence-electron chi connectivity index (χ2n) is 6.79. The molecule has 3 atom stereocenters. The average molecular weight is 351 g/mol. The summed E-state index contributed by atoms with van der Waals surface area (Å²) in [5.74, 6) is 0. The van der Waals surface area contributed by atoms with Crippen LogP contribution in [0.3, 0.4) is 0 Å². The van der Waals surface area contributed by atoms with Gasteiger partial charge in [0.1, 0.15) is 6.23 Å². The van der Waals surface area contributed by atoms with E-state index in [1.807, 2.05) is 13.8 Å². The van der Waals surface area contributed by atoms with E-state index in [1.165, 1.54) is 15.3 Å². The molecule has 25 heavy (non-hydrogen) atoms. The van der Waals surface area contributed by atoms with E-state index in [-0.39, 0.29) is 24.3 Å². The molecule has 1 fully saturated rings. The van der Waals surface area contributed by atoms with Gasteiger partial charge in [-0.3, -0.25) is 13.9 Å². The molecule has 138 valence electrons. The van der Waals surface area contributed by atoms with Crippen molar-refractivity contribution in [2.75, 3.05) is 6.61 Å².